The molecule has 2 aromatic carbocycles. The standard InChI is InChI=1S/C26H27NO/c1-15-12-16(2)25(17(3)13-15)27-26(28)23-14-22-18-8-4-6-10-20(18)24(23)21-11-7-5-9-19(21)22/h4-13,18,20,22-24H,14H2,1-3H3,(H,27,28)/t18-,20-,22+,23+,24-/m0/s1. The van der Waals surface area contributed by atoms with Crippen molar-refractivity contribution in [3.63, 3.8) is 0 Å². The molecule has 1 saturated carbocycles. The summed E-state index contributed by atoms with van der Waals surface area (Å²) in [6, 6.07) is 13.1. The lowest BCUT2D eigenvalue weighted by molar-refractivity contribution is -0.122. The fraction of sp³-hybridized carbons (Fsp3) is 0.346. The number of amides is 1. The average molecular weight is 370 g/mol. The summed E-state index contributed by atoms with van der Waals surface area (Å²) in [5, 5.41) is 3.31. The highest BCUT2D eigenvalue weighted by Crippen LogP contribution is 2.59. The first-order valence-corrected chi connectivity index (χ1v) is 10.4. The molecule has 1 N–H and O–H groups in total. The molecular formula is C26H27NO. The van der Waals surface area contributed by atoms with E-state index in [1.54, 1.807) is 0 Å². The molecule has 1 fully saturated rings. The van der Waals surface area contributed by atoms with Crippen molar-refractivity contribution in [2.75, 3.05) is 5.32 Å². The minimum atomic E-state index is 0.0254. The number of fused-ring (bicyclic) bond motifs is 1. The van der Waals surface area contributed by atoms with E-state index in [4.69, 9.17) is 0 Å². The maximum absolute atomic E-state index is 13.5. The number of hydrogen-bond donors (Lipinski definition) is 1. The van der Waals surface area contributed by atoms with Crippen LogP contribution in [0.1, 0.15) is 46.1 Å². The van der Waals surface area contributed by atoms with Gasteiger partial charge in [-0.25, -0.2) is 0 Å². The van der Waals surface area contributed by atoms with Crippen molar-refractivity contribution < 1.29 is 4.79 Å². The van der Waals surface area contributed by atoms with Crippen LogP contribution in [0, 0.1) is 38.5 Å². The van der Waals surface area contributed by atoms with Crippen molar-refractivity contribution >= 4 is 11.6 Å². The third-order valence-electron chi connectivity index (χ3n) is 7.06. The highest BCUT2D eigenvalue weighted by molar-refractivity contribution is 5.95. The van der Waals surface area contributed by atoms with E-state index in [0.717, 1.165) is 23.2 Å². The summed E-state index contributed by atoms with van der Waals surface area (Å²) < 4.78 is 0. The second kappa shape index (κ2) is 6.48. The molecule has 2 nitrogen and oxygen atoms in total. The lowest BCUT2D eigenvalue weighted by atomic mass is 9.51. The van der Waals surface area contributed by atoms with Crippen LogP contribution in [-0.2, 0) is 4.79 Å². The summed E-state index contributed by atoms with van der Waals surface area (Å²) in [5.41, 5.74) is 7.36. The highest BCUT2D eigenvalue weighted by Gasteiger charge is 2.52. The van der Waals surface area contributed by atoms with E-state index >= 15 is 0 Å². The van der Waals surface area contributed by atoms with E-state index in [0.29, 0.717) is 17.8 Å². The van der Waals surface area contributed by atoms with Crippen molar-refractivity contribution in [2.45, 2.75) is 39.0 Å². The van der Waals surface area contributed by atoms with Crippen LogP contribution in [-0.4, -0.2) is 5.91 Å². The maximum atomic E-state index is 13.5. The molecule has 28 heavy (non-hydrogen) atoms. The summed E-state index contributed by atoms with van der Waals surface area (Å²) >= 11 is 0. The maximum Gasteiger partial charge on any atom is 0.228 e. The molecule has 0 aromatic heterocycles. The normalized spacial score (nSPS) is 29.3. The van der Waals surface area contributed by atoms with Gasteiger partial charge >= 0.3 is 0 Å². The molecule has 5 atom stereocenters. The van der Waals surface area contributed by atoms with Crippen LogP contribution in [0.5, 0.6) is 0 Å². The van der Waals surface area contributed by atoms with Gasteiger partial charge in [0, 0.05) is 17.5 Å². The number of carbonyl (C=O) groups is 1. The first-order chi connectivity index (χ1) is 13.5. The monoisotopic (exact) mass is 369 g/mol. The van der Waals surface area contributed by atoms with Gasteiger partial charge in [0.2, 0.25) is 5.91 Å². The number of rotatable bonds is 2. The number of nitrogens with one attached hydrogen (secondary N) is 1. The first-order valence-electron chi connectivity index (χ1n) is 10.4. The van der Waals surface area contributed by atoms with Crippen molar-refractivity contribution in [3.05, 3.63) is 88.5 Å². The number of anilines is 1. The number of carbonyl (C=O) groups excluding carboxylic acids is 1. The number of hydrogen-bond acceptors (Lipinski definition) is 1. The molecule has 142 valence electrons. The van der Waals surface area contributed by atoms with Crippen LogP contribution in [0.4, 0.5) is 5.69 Å². The molecule has 0 aliphatic heterocycles. The zero-order chi connectivity index (χ0) is 19.4. The Morgan fingerprint density at radius 2 is 1.57 bits per heavy atom. The topological polar surface area (TPSA) is 29.1 Å². The number of allylic oxidation sites excluding steroid dienone is 4. The third-order valence-corrected chi connectivity index (χ3v) is 7.06. The van der Waals surface area contributed by atoms with Gasteiger partial charge in [0.1, 0.15) is 0 Å². The van der Waals surface area contributed by atoms with Gasteiger partial charge in [-0.15, -0.1) is 0 Å². The van der Waals surface area contributed by atoms with Gasteiger partial charge in [-0.05, 0) is 67.2 Å². The van der Waals surface area contributed by atoms with Gasteiger partial charge in [0.05, 0.1) is 0 Å². The fourth-order valence-corrected chi connectivity index (χ4v) is 6.02. The van der Waals surface area contributed by atoms with Crippen molar-refractivity contribution in [3.8, 4) is 0 Å². The summed E-state index contributed by atoms with van der Waals surface area (Å²) in [7, 11) is 0. The summed E-state index contributed by atoms with van der Waals surface area (Å²) in [6.45, 7) is 6.27. The Morgan fingerprint density at radius 3 is 2.29 bits per heavy atom. The molecule has 4 aliphatic carbocycles. The SMILES string of the molecule is Cc1cc(C)c(NC(=O)[C@@H]2C[C@H]3c4ccccc4[C@@H]2[C@H]2C=CC=C[C@@H]23)c(C)c1. The Morgan fingerprint density at radius 1 is 0.929 bits per heavy atom. The van der Waals surface area contributed by atoms with Crippen LogP contribution in [0.15, 0.2) is 60.7 Å². The lowest BCUT2D eigenvalue weighted by Gasteiger charge is -2.52. The second-order valence-electron chi connectivity index (χ2n) is 8.79. The zero-order valence-electron chi connectivity index (χ0n) is 16.8. The largest absolute Gasteiger partial charge is 0.325 e. The van der Waals surface area contributed by atoms with Crippen molar-refractivity contribution in [1.82, 2.24) is 0 Å². The Kier molecular flexibility index (Phi) is 4.04. The minimum Gasteiger partial charge on any atom is -0.325 e. The molecule has 0 heterocycles. The van der Waals surface area contributed by atoms with Gasteiger partial charge in [-0.3, -0.25) is 4.79 Å². The predicted octanol–water partition coefficient (Wildman–Crippen LogP) is 5.81. The molecule has 2 heteroatoms. The van der Waals surface area contributed by atoms with Crippen molar-refractivity contribution in [2.24, 2.45) is 17.8 Å². The second-order valence-corrected chi connectivity index (χ2v) is 8.79. The van der Waals surface area contributed by atoms with Gasteiger partial charge in [0.15, 0.2) is 0 Å². The lowest BCUT2D eigenvalue weighted by Crippen LogP contribution is -2.46. The number of benzene rings is 2. The molecule has 0 unspecified atom stereocenters. The molecule has 0 saturated heterocycles. The van der Waals surface area contributed by atoms with Crippen LogP contribution in [0.3, 0.4) is 0 Å². The Hall–Kier alpha value is -2.61. The molecular weight excluding hydrogens is 342 g/mol. The minimum absolute atomic E-state index is 0.0254. The zero-order valence-corrected chi connectivity index (χ0v) is 16.8. The highest BCUT2D eigenvalue weighted by atomic mass is 16.1. The van der Waals surface area contributed by atoms with E-state index in [1.807, 2.05) is 0 Å². The van der Waals surface area contributed by atoms with E-state index in [2.05, 4.69) is 86.8 Å². The van der Waals surface area contributed by atoms with E-state index in [-0.39, 0.29) is 17.7 Å². The quantitative estimate of drug-likeness (QED) is 0.711. The summed E-state index contributed by atoms with van der Waals surface area (Å²) in [4.78, 5) is 13.5. The van der Waals surface area contributed by atoms with Crippen LogP contribution < -0.4 is 5.32 Å². The van der Waals surface area contributed by atoms with Gasteiger partial charge in [0.25, 0.3) is 0 Å². The van der Waals surface area contributed by atoms with Crippen molar-refractivity contribution in [1.29, 1.82) is 0 Å². The third kappa shape index (κ3) is 2.58. The molecule has 2 aromatic rings. The Balaban J connectivity index is 1.51. The molecule has 0 spiro atoms. The van der Waals surface area contributed by atoms with Crippen LogP contribution in [0.25, 0.3) is 0 Å². The first kappa shape index (κ1) is 17.5. The molecule has 0 radical (unpaired) electrons. The van der Waals surface area contributed by atoms with Crippen LogP contribution in [0.2, 0.25) is 0 Å². The molecule has 1 amide bonds. The Bertz CT molecular complexity index is 992. The van der Waals surface area contributed by atoms with Gasteiger partial charge in [-0.1, -0.05) is 66.3 Å². The molecule has 4 aliphatic rings. The fourth-order valence-electron chi connectivity index (χ4n) is 6.02. The van der Waals surface area contributed by atoms with Crippen LogP contribution >= 0.6 is 0 Å². The average Bonchev–Trinajstić information content (AvgIpc) is 2.70. The van der Waals surface area contributed by atoms with E-state index in [9.17, 15) is 4.79 Å². The van der Waals surface area contributed by atoms with E-state index in [1.165, 1.54) is 16.7 Å². The van der Waals surface area contributed by atoms with Gasteiger partial charge < -0.3 is 5.32 Å². The molecule has 6 rings (SSSR count). The predicted molar refractivity (Wildman–Crippen MR) is 115 cm³/mol. The smallest absolute Gasteiger partial charge is 0.228 e. The Labute approximate surface area is 167 Å². The van der Waals surface area contributed by atoms with E-state index < -0.39 is 0 Å². The molecule has 2 bridgehead atoms. The van der Waals surface area contributed by atoms with Gasteiger partial charge in [-0.2, -0.15) is 0 Å². The summed E-state index contributed by atoms with van der Waals surface area (Å²) in [5.74, 6) is 1.85. The summed E-state index contributed by atoms with van der Waals surface area (Å²) in [6.07, 6.45) is 9.98. The number of aryl methyl sites for hydroxylation is 3.